The standard InChI is InChI=1S/C6H12ClNO2S.ClH/c1-8(2)6(3-4-6)5-11(7,9)10;/h3-5H2,1-2H3;1H. The summed E-state index contributed by atoms with van der Waals surface area (Å²) in [5.41, 5.74) is -0.152. The van der Waals surface area contributed by atoms with Crippen LogP contribution in [0.5, 0.6) is 0 Å². The molecule has 0 bridgehead atoms. The number of hydrogen-bond acceptors (Lipinski definition) is 3. The zero-order valence-corrected chi connectivity index (χ0v) is 9.47. The summed E-state index contributed by atoms with van der Waals surface area (Å²) in [7, 11) is 5.58. The Labute approximate surface area is 83.9 Å². The van der Waals surface area contributed by atoms with Crippen molar-refractivity contribution in [3.63, 3.8) is 0 Å². The molecule has 1 aliphatic rings. The molecule has 1 rings (SSSR count). The molecule has 0 aromatic rings. The Kier molecular flexibility index (Phi) is 3.85. The van der Waals surface area contributed by atoms with Gasteiger partial charge >= 0.3 is 0 Å². The van der Waals surface area contributed by atoms with Crippen molar-refractivity contribution in [2.24, 2.45) is 0 Å². The summed E-state index contributed by atoms with van der Waals surface area (Å²) in [6, 6.07) is 0. The van der Waals surface area contributed by atoms with Crippen LogP contribution in [0.4, 0.5) is 0 Å². The van der Waals surface area contributed by atoms with Crippen molar-refractivity contribution in [2.75, 3.05) is 19.8 Å². The van der Waals surface area contributed by atoms with Gasteiger partial charge in [0.05, 0.1) is 5.75 Å². The van der Waals surface area contributed by atoms with Gasteiger partial charge in [0.2, 0.25) is 9.05 Å². The van der Waals surface area contributed by atoms with E-state index < -0.39 is 9.05 Å². The first-order chi connectivity index (χ1) is 4.86. The van der Waals surface area contributed by atoms with Crippen LogP contribution in [0.1, 0.15) is 12.8 Å². The van der Waals surface area contributed by atoms with Gasteiger partial charge in [0.25, 0.3) is 0 Å². The summed E-state index contributed by atoms with van der Waals surface area (Å²) in [5.74, 6) is 0.0779. The normalized spacial score (nSPS) is 20.3. The van der Waals surface area contributed by atoms with Crippen molar-refractivity contribution in [3.05, 3.63) is 0 Å². The first-order valence-electron chi connectivity index (χ1n) is 3.46. The van der Waals surface area contributed by atoms with E-state index in [0.717, 1.165) is 12.8 Å². The lowest BCUT2D eigenvalue weighted by atomic mass is 10.3. The van der Waals surface area contributed by atoms with Crippen LogP contribution in [-0.2, 0) is 9.05 Å². The van der Waals surface area contributed by atoms with E-state index in [1.807, 2.05) is 19.0 Å². The first kappa shape index (κ1) is 12.5. The third-order valence-electron chi connectivity index (χ3n) is 2.22. The fourth-order valence-corrected chi connectivity index (χ4v) is 2.98. The molecule has 1 saturated carbocycles. The van der Waals surface area contributed by atoms with Gasteiger partial charge in [0, 0.05) is 16.2 Å². The highest BCUT2D eigenvalue weighted by Crippen LogP contribution is 2.41. The minimum atomic E-state index is -3.33. The maximum absolute atomic E-state index is 10.7. The average molecular weight is 234 g/mol. The van der Waals surface area contributed by atoms with Crippen molar-refractivity contribution in [1.82, 2.24) is 4.90 Å². The van der Waals surface area contributed by atoms with Crippen LogP contribution in [0.3, 0.4) is 0 Å². The maximum Gasteiger partial charge on any atom is 0.234 e. The van der Waals surface area contributed by atoms with E-state index >= 15 is 0 Å². The van der Waals surface area contributed by atoms with Gasteiger partial charge in [0.15, 0.2) is 0 Å². The van der Waals surface area contributed by atoms with Crippen LogP contribution in [0, 0.1) is 0 Å². The van der Waals surface area contributed by atoms with Crippen LogP contribution >= 0.6 is 23.1 Å². The molecule has 74 valence electrons. The van der Waals surface area contributed by atoms with Gasteiger partial charge in [-0.15, -0.1) is 12.4 Å². The van der Waals surface area contributed by atoms with Crippen molar-refractivity contribution >= 4 is 32.1 Å². The quantitative estimate of drug-likeness (QED) is 0.685. The monoisotopic (exact) mass is 233 g/mol. The SMILES string of the molecule is CN(C)C1(CS(=O)(=O)Cl)CC1.Cl. The highest BCUT2D eigenvalue weighted by Gasteiger charge is 2.47. The number of hydrogen-bond donors (Lipinski definition) is 0. The Morgan fingerprint density at radius 1 is 1.42 bits per heavy atom. The summed E-state index contributed by atoms with van der Waals surface area (Å²) >= 11 is 0. The number of nitrogens with zero attached hydrogens (tertiary/aromatic N) is 1. The van der Waals surface area contributed by atoms with Gasteiger partial charge in [0.1, 0.15) is 0 Å². The van der Waals surface area contributed by atoms with Crippen LogP contribution in [0.2, 0.25) is 0 Å². The van der Waals surface area contributed by atoms with Crippen molar-refractivity contribution in [2.45, 2.75) is 18.4 Å². The molecule has 0 heterocycles. The maximum atomic E-state index is 10.7. The van der Waals surface area contributed by atoms with E-state index in [1.54, 1.807) is 0 Å². The Balaban J connectivity index is 0.00000121. The molecule has 0 radical (unpaired) electrons. The molecule has 0 aromatic carbocycles. The lowest BCUT2D eigenvalue weighted by Crippen LogP contribution is -2.35. The first-order valence-corrected chi connectivity index (χ1v) is 5.93. The summed E-state index contributed by atoms with van der Waals surface area (Å²) < 4.78 is 21.5. The summed E-state index contributed by atoms with van der Waals surface area (Å²) in [6.07, 6.45) is 1.87. The van der Waals surface area contributed by atoms with Gasteiger partial charge in [-0.2, -0.15) is 0 Å². The molecule has 1 fully saturated rings. The van der Waals surface area contributed by atoms with Crippen molar-refractivity contribution in [1.29, 1.82) is 0 Å². The molecule has 0 amide bonds. The topological polar surface area (TPSA) is 37.4 Å². The zero-order valence-electron chi connectivity index (χ0n) is 7.08. The lowest BCUT2D eigenvalue weighted by Gasteiger charge is -2.21. The van der Waals surface area contributed by atoms with Gasteiger partial charge in [-0.25, -0.2) is 8.42 Å². The second-order valence-corrected chi connectivity index (χ2v) is 6.08. The largest absolute Gasteiger partial charge is 0.303 e. The van der Waals surface area contributed by atoms with E-state index in [1.165, 1.54) is 0 Å². The van der Waals surface area contributed by atoms with Gasteiger partial charge < -0.3 is 4.90 Å². The minimum absolute atomic E-state index is 0. The van der Waals surface area contributed by atoms with Crippen LogP contribution in [0.15, 0.2) is 0 Å². The lowest BCUT2D eigenvalue weighted by molar-refractivity contribution is 0.296. The smallest absolute Gasteiger partial charge is 0.234 e. The Hall–Kier alpha value is 0.490. The molecule has 0 saturated heterocycles. The Bertz CT molecular complexity index is 246. The molecule has 0 aromatic heterocycles. The van der Waals surface area contributed by atoms with E-state index in [-0.39, 0.29) is 23.7 Å². The molecule has 0 aliphatic heterocycles. The van der Waals surface area contributed by atoms with Crippen LogP contribution in [0.25, 0.3) is 0 Å². The van der Waals surface area contributed by atoms with E-state index in [0.29, 0.717) is 0 Å². The predicted octanol–water partition coefficient (Wildman–Crippen LogP) is 1.07. The number of rotatable bonds is 3. The molecule has 0 atom stereocenters. The molecule has 1 aliphatic carbocycles. The molecule has 0 spiro atoms. The highest BCUT2D eigenvalue weighted by atomic mass is 35.7. The molecule has 12 heavy (non-hydrogen) atoms. The van der Waals surface area contributed by atoms with Gasteiger partial charge in [-0.3, -0.25) is 0 Å². The number of halogens is 2. The third-order valence-corrected chi connectivity index (χ3v) is 3.43. The average Bonchev–Trinajstić information content (AvgIpc) is 2.43. The zero-order chi connectivity index (χ0) is 8.70. The minimum Gasteiger partial charge on any atom is -0.303 e. The second kappa shape index (κ2) is 3.70. The van der Waals surface area contributed by atoms with E-state index in [9.17, 15) is 8.42 Å². The molecular weight excluding hydrogens is 221 g/mol. The third kappa shape index (κ3) is 3.09. The fraction of sp³-hybridized carbons (Fsp3) is 1.00. The Morgan fingerprint density at radius 3 is 1.92 bits per heavy atom. The molecule has 3 nitrogen and oxygen atoms in total. The van der Waals surface area contributed by atoms with E-state index in [4.69, 9.17) is 10.7 Å². The Morgan fingerprint density at radius 2 is 1.83 bits per heavy atom. The van der Waals surface area contributed by atoms with Crippen molar-refractivity contribution in [3.8, 4) is 0 Å². The predicted molar refractivity (Wildman–Crippen MR) is 52.5 cm³/mol. The van der Waals surface area contributed by atoms with Gasteiger partial charge in [-0.1, -0.05) is 0 Å². The second-order valence-electron chi connectivity index (χ2n) is 3.30. The van der Waals surface area contributed by atoms with Gasteiger partial charge in [-0.05, 0) is 26.9 Å². The summed E-state index contributed by atoms with van der Waals surface area (Å²) in [6.45, 7) is 0. The molecule has 0 unspecified atom stereocenters. The summed E-state index contributed by atoms with van der Waals surface area (Å²) in [5, 5.41) is 0. The highest BCUT2D eigenvalue weighted by molar-refractivity contribution is 8.13. The fourth-order valence-electron chi connectivity index (χ4n) is 1.19. The van der Waals surface area contributed by atoms with Crippen LogP contribution in [-0.4, -0.2) is 38.7 Å². The van der Waals surface area contributed by atoms with E-state index in [2.05, 4.69) is 0 Å². The molecular formula is C6H13Cl2NO2S. The molecule has 6 heteroatoms. The molecule has 0 N–H and O–H groups in total. The van der Waals surface area contributed by atoms with Crippen molar-refractivity contribution < 1.29 is 8.42 Å². The van der Waals surface area contributed by atoms with Crippen LogP contribution < -0.4 is 0 Å². The summed E-state index contributed by atoms with van der Waals surface area (Å²) in [4.78, 5) is 1.94.